The summed E-state index contributed by atoms with van der Waals surface area (Å²) in [5, 5.41) is 7.80. The summed E-state index contributed by atoms with van der Waals surface area (Å²) in [7, 11) is 0. The van der Waals surface area contributed by atoms with Gasteiger partial charge in [0.05, 0.1) is 17.6 Å². The lowest BCUT2D eigenvalue weighted by Gasteiger charge is -2.36. The molecule has 3 aromatic rings. The van der Waals surface area contributed by atoms with Crippen LogP contribution in [0.3, 0.4) is 0 Å². The zero-order valence-corrected chi connectivity index (χ0v) is 19.0. The molecule has 1 saturated heterocycles. The molecule has 3 aromatic heterocycles. The molecule has 0 bridgehead atoms. The van der Waals surface area contributed by atoms with E-state index in [9.17, 15) is 8.78 Å². The van der Waals surface area contributed by atoms with Crippen molar-refractivity contribution in [2.24, 2.45) is 0 Å². The fourth-order valence-electron chi connectivity index (χ4n) is 5.09. The second-order valence-corrected chi connectivity index (χ2v) is 9.40. The molecule has 4 heterocycles. The number of hydrogen-bond acceptors (Lipinski definition) is 7. The Morgan fingerprint density at radius 3 is 2.64 bits per heavy atom. The van der Waals surface area contributed by atoms with Gasteiger partial charge in [-0.3, -0.25) is 0 Å². The van der Waals surface area contributed by atoms with Crippen molar-refractivity contribution in [1.82, 2.24) is 30.2 Å². The molecule has 176 valence electrons. The molecule has 0 aromatic carbocycles. The van der Waals surface area contributed by atoms with Gasteiger partial charge >= 0.3 is 0 Å². The Labute approximate surface area is 191 Å². The number of hydrogen-bond donors (Lipinski definition) is 3. The van der Waals surface area contributed by atoms with Crippen LogP contribution in [0.5, 0.6) is 0 Å². The lowest BCUT2D eigenvalue weighted by molar-refractivity contribution is -0.0381. The predicted octanol–water partition coefficient (Wildman–Crippen LogP) is 3.84. The van der Waals surface area contributed by atoms with Crippen LogP contribution in [0, 0.1) is 0 Å². The van der Waals surface area contributed by atoms with Gasteiger partial charge in [0, 0.05) is 50.4 Å². The van der Waals surface area contributed by atoms with E-state index in [1.807, 2.05) is 12.3 Å². The number of rotatable bonds is 5. The molecule has 33 heavy (non-hydrogen) atoms. The number of halogens is 2. The second-order valence-electron chi connectivity index (χ2n) is 9.40. The molecule has 8 nitrogen and oxygen atoms in total. The number of aromatic amines is 1. The average molecular weight is 457 g/mol. The highest BCUT2D eigenvalue weighted by molar-refractivity contribution is 5.90. The minimum absolute atomic E-state index is 0.0756. The average Bonchev–Trinajstić information content (AvgIpc) is 3.22. The summed E-state index contributed by atoms with van der Waals surface area (Å²) >= 11 is 0. The molecule has 1 aliphatic heterocycles. The second kappa shape index (κ2) is 8.81. The maximum absolute atomic E-state index is 13.7. The summed E-state index contributed by atoms with van der Waals surface area (Å²) in [6.45, 7) is 6.53. The molecule has 1 aliphatic carbocycles. The third-order valence-electron chi connectivity index (χ3n) is 6.64. The molecule has 2 fully saturated rings. The number of H-pyrrole nitrogens is 1. The lowest BCUT2D eigenvalue weighted by Crippen LogP contribution is -2.54. The van der Waals surface area contributed by atoms with Crippen LogP contribution in [0.25, 0.3) is 11.0 Å². The van der Waals surface area contributed by atoms with E-state index in [4.69, 9.17) is 4.98 Å². The highest BCUT2D eigenvalue weighted by Crippen LogP contribution is 2.43. The Morgan fingerprint density at radius 1 is 1.12 bits per heavy atom. The van der Waals surface area contributed by atoms with Gasteiger partial charge in [0.1, 0.15) is 17.8 Å². The van der Waals surface area contributed by atoms with Crippen molar-refractivity contribution in [1.29, 1.82) is 0 Å². The van der Waals surface area contributed by atoms with Crippen LogP contribution in [-0.4, -0.2) is 56.0 Å². The van der Waals surface area contributed by atoms with E-state index in [1.54, 1.807) is 6.20 Å². The first-order valence-corrected chi connectivity index (χ1v) is 11.6. The Hall–Kier alpha value is -2.88. The fraction of sp³-hybridized carbons (Fsp3) is 0.565. The normalized spacial score (nSPS) is 23.7. The molecule has 2 aliphatic rings. The first-order chi connectivity index (χ1) is 15.9. The van der Waals surface area contributed by atoms with Crippen LogP contribution in [0.4, 0.5) is 20.5 Å². The number of piperazine rings is 1. The smallest absolute Gasteiger partial charge is 0.248 e. The Morgan fingerprint density at radius 2 is 1.88 bits per heavy atom. The van der Waals surface area contributed by atoms with E-state index >= 15 is 0 Å². The first kappa shape index (κ1) is 21.9. The van der Waals surface area contributed by atoms with E-state index in [2.05, 4.69) is 49.3 Å². The van der Waals surface area contributed by atoms with Gasteiger partial charge in [-0.15, -0.1) is 0 Å². The van der Waals surface area contributed by atoms with E-state index in [0.29, 0.717) is 42.9 Å². The van der Waals surface area contributed by atoms with Crippen molar-refractivity contribution in [3.8, 4) is 0 Å². The van der Waals surface area contributed by atoms with Gasteiger partial charge in [-0.05, 0) is 44.2 Å². The number of fused-ring (bicyclic) bond motifs is 1. The Bertz CT molecular complexity index is 1100. The van der Waals surface area contributed by atoms with Crippen LogP contribution in [0.1, 0.15) is 56.7 Å². The number of anilines is 2. The van der Waals surface area contributed by atoms with Gasteiger partial charge in [-0.25, -0.2) is 28.7 Å². The maximum Gasteiger partial charge on any atom is 0.248 e. The Kier molecular flexibility index (Phi) is 5.86. The number of nitrogens with one attached hydrogen (secondary N) is 3. The Balaban J connectivity index is 1.34. The fourth-order valence-corrected chi connectivity index (χ4v) is 5.09. The van der Waals surface area contributed by atoms with Gasteiger partial charge < -0.3 is 20.5 Å². The summed E-state index contributed by atoms with van der Waals surface area (Å²) in [6, 6.07) is 2.64. The maximum atomic E-state index is 13.7. The third-order valence-corrected chi connectivity index (χ3v) is 6.64. The largest absolute Gasteiger partial charge is 0.364 e. The summed E-state index contributed by atoms with van der Waals surface area (Å²) < 4.78 is 27.3. The highest BCUT2D eigenvalue weighted by Gasteiger charge is 2.36. The zero-order valence-electron chi connectivity index (χ0n) is 19.0. The van der Waals surface area contributed by atoms with Crippen LogP contribution in [0.15, 0.2) is 24.8 Å². The van der Waals surface area contributed by atoms with E-state index in [1.165, 1.54) is 6.33 Å². The SMILES string of the molecule is C[C@@H]1CN(c2nccc(CNc3ncnc4[nH]cc(C5CCC(F)(F)CC5)c34)n2)C[C@H](C)N1. The lowest BCUT2D eigenvalue weighted by atomic mass is 9.82. The number of nitrogens with zero attached hydrogens (tertiary/aromatic N) is 5. The predicted molar refractivity (Wildman–Crippen MR) is 124 cm³/mol. The van der Waals surface area contributed by atoms with Crippen molar-refractivity contribution in [2.75, 3.05) is 23.3 Å². The molecule has 1 saturated carbocycles. The topological polar surface area (TPSA) is 94.7 Å². The molecular formula is C23H30F2N8. The van der Waals surface area contributed by atoms with Gasteiger partial charge in [0.15, 0.2) is 0 Å². The van der Waals surface area contributed by atoms with Crippen LogP contribution < -0.4 is 15.5 Å². The third kappa shape index (κ3) is 4.75. The molecule has 2 atom stereocenters. The van der Waals surface area contributed by atoms with E-state index < -0.39 is 5.92 Å². The van der Waals surface area contributed by atoms with Crippen molar-refractivity contribution in [3.05, 3.63) is 36.0 Å². The monoisotopic (exact) mass is 456 g/mol. The van der Waals surface area contributed by atoms with E-state index in [-0.39, 0.29) is 18.8 Å². The molecule has 10 heteroatoms. The molecule has 0 radical (unpaired) electrons. The van der Waals surface area contributed by atoms with E-state index in [0.717, 1.165) is 35.7 Å². The summed E-state index contributed by atoms with van der Waals surface area (Å²) in [5.74, 6) is -1.05. The number of aromatic nitrogens is 5. The zero-order chi connectivity index (χ0) is 23.0. The molecular weight excluding hydrogens is 426 g/mol. The number of alkyl halides is 2. The van der Waals surface area contributed by atoms with Crippen molar-refractivity contribution in [3.63, 3.8) is 0 Å². The summed E-state index contributed by atoms with van der Waals surface area (Å²) in [6.07, 6.45) is 5.97. The molecule has 0 unspecified atom stereocenters. The first-order valence-electron chi connectivity index (χ1n) is 11.6. The standard InChI is InChI=1S/C23H30F2N8/c1-14-11-33(12-15(2)31-14)22-26-8-5-17(32-22)9-27-20-19-18(10-28-21(19)30-13-29-20)16-3-6-23(24,25)7-4-16/h5,8,10,13-16,31H,3-4,6-7,9,11-12H2,1-2H3,(H2,27,28,29,30)/t14-,15+. The van der Waals surface area contributed by atoms with Crippen molar-refractivity contribution in [2.45, 2.75) is 70.0 Å². The quantitative estimate of drug-likeness (QED) is 0.537. The van der Waals surface area contributed by atoms with Crippen molar-refractivity contribution < 1.29 is 8.78 Å². The molecule has 3 N–H and O–H groups in total. The minimum Gasteiger partial charge on any atom is -0.364 e. The van der Waals surface area contributed by atoms with Gasteiger partial charge in [-0.2, -0.15) is 0 Å². The summed E-state index contributed by atoms with van der Waals surface area (Å²) in [5.41, 5.74) is 2.59. The van der Waals surface area contributed by atoms with Crippen LogP contribution in [0.2, 0.25) is 0 Å². The molecule has 0 spiro atoms. The molecule has 0 amide bonds. The minimum atomic E-state index is -2.55. The van der Waals surface area contributed by atoms with Gasteiger partial charge in [0.25, 0.3) is 0 Å². The highest BCUT2D eigenvalue weighted by atomic mass is 19.3. The van der Waals surface area contributed by atoms with Crippen molar-refractivity contribution >= 4 is 22.8 Å². The molecule has 5 rings (SSSR count). The van der Waals surface area contributed by atoms with Gasteiger partial charge in [0.2, 0.25) is 11.9 Å². The summed E-state index contributed by atoms with van der Waals surface area (Å²) in [4.78, 5) is 23.4. The van der Waals surface area contributed by atoms with Gasteiger partial charge in [-0.1, -0.05) is 0 Å². The van der Waals surface area contributed by atoms with Crippen LogP contribution >= 0.6 is 0 Å². The van der Waals surface area contributed by atoms with Crippen LogP contribution in [-0.2, 0) is 6.54 Å².